The van der Waals surface area contributed by atoms with E-state index in [1.807, 2.05) is 0 Å². The Morgan fingerprint density at radius 1 is 1.35 bits per heavy atom. The molecule has 5 nitrogen and oxygen atoms in total. The highest BCUT2D eigenvalue weighted by molar-refractivity contribution is 5.90. The molecule has 1 aromatic heterocycles. The minimum Gasteiger partial charge on any atom is -0.323 e. The number of aromatic nitrogens is 2. The number of rotatable bonds is 6. The van der Waals surface area contributed by atoms with E-state index >= 15 is 0 Å². The molecule has 124 valence electrons. The molecule has 0 spiro atoms. The summed E-state index contributed by atoms with van der Waals surface area (Å²) in [5.74, 6) is -0.163. The molecule has 1 amide bonds. The number of benzene rings is 1. The van der Waals surface area contributed by atoms with Crippen LogP contribution in [0.3, 0.4) is 0 Å². The molecule has 0 aliphatic rings. The summed E-state index contributed by atoms with van der Waals surface area (Å²) < 4.78 is 39.4. The Morgan fingerprint density at radius 2 is 2.13 bits per heavy atom. The van der Waals surface area contributed by atoms with E-state index in [1.165, 1.54) is 29.2 Å². The fourth-order valence-corrected chi connectivity index (χ4v) is 2.00. The van der Waals surface area contributed by atoms with Crippen molar-refractivity contribution in [2.75, 3.05) is 18.9 Å². The maximum atomic E-state index is 12.7. The minimum absolute atomic E-state index is 0.163. The molecule has 2 aromatic rings. The van der Waals surface area contributed by atoms with Gasteiger partial charge in [0.2, 0.25) is 5.91 Å². The van der Waals surface area contributed by atoms with E-state index in [4.69, 9.17) is 0 Å². The van der Waals surface area contributed by atoms with Gasteiger partial charge in [0.25, 0.3) is 0 Å². The Labute approximate surface area is 131 Å². The second kappa shape index (κ2) is 7.28. The van der Waals surface area contributed by atoms with Gasteiger partial charge in [-0.15, -0.1) is 0 Å². The van der Waals surface area contributed by atoms with Crippen molar-refractivity contribution < 1.29 is 18.0 Å². The Hall–Kier alpha value is -2.35. The van der Waals surface area contributed by atoms with Crippen molar-refractivity contribution in [1.82, 2.24) is 15.1 Å². The predicted molar refractivity (Wildman–Crippen MR) is 80.4 cm³/mol. The first-order valence-electron chi connectivity index (χ1n) is 7.07. The first-order chi connectivity index (χ1) is 10.9. The van der Waals surface area contributed by atoms with Crippen LogP contribution in [0.25, 0.3) is 5.69 Å². The molecule has 2 N–H and O–H groups in total. The van der Waals surface area contributed by atoms with Crippen molar-refractivity contribution in [1.29, 1.82) is 0 Å². The van der Waals surface area contributed by atoms with Gasteiger partial charge in [-0.25, -0.2) is 4.68 Å². The SMILES string of the molecule is CNCCCC(=O)Nc1cnn(-c2cccc(C(F)(F)F)c2)c1. The number of nitrogens with zero attached hydrogens (tertiary/aromatic N) is 2. The average Bonchev–Trinajstić information content (AvgIpc) is 2.95. The zero-order chi connectivity index (χ0) is 16.9. The van der Waals surface area contributed by atoms with Gasteiger partial charge in [-0.05, 0) is 38.2 Å². The number of halogens is 3. The van der Waals surface area contributed by atoms with E-state index < -0.39 is 11.7 Å². The maximum Gasteiger partial charge on any atom is 0.416 e. The molecule has 0 fully saturated rings. The molecule has 0 bridgehead atoms. The van der Waals surface area contributed by atoms with E-state index in [2.05, 4.69) is 15.7 Å². The van der Waals surface area contributed by atoms with Crippen LogP contribution < -0.4 is 10.6 Å². The monoisotopic (exact) mass is 326 g/mol. The molecule has 1 aromatic carbocycles. The van der Waals surface area contributed by atoms with Crippen molar-refractivity contribution in [2.45, 2.75) is 19.0 Å². The lowest BCUT2D eigenvalue weighted by molar-refractivity contribution is -0.137. The fraction of sp³-hybridized carbons (Fsp3) is 0.333. The topological polar surface area (TPSA) is 59.0 Å². The summed E-state index contributed by atoms with van der Waals surface area (Å²) in [6.45, 7) is 0.733. The first-order valence-corrected chi connectivity index (χ1v) is 7.07. The van der Waals surface area contributed by atoms with Crippen LogP contribution in [0.5, 0.6) is 0 Å². The number of anilines is 1. The number of amides is 1. The molecule has 0 aliphatic heterocycles. The second-order valence-corrected chi connectivity index (χ2v) is 4.98. The molecule has 1 heterocycles. The van der Waals surface area contributed by atoms with E-state index in [0.29, 0.717) is 18.5 Å². The lowest BCUT2D eigenvalue weighted by atomic mass is 10.2. The summed E-state index contributed by atoms with van der Waals surface area (Å²) in [7, 11) is 1.80. The van der Waals surface area contributed by atoms with Crippen molar-refractivity contribution in [2.24, 2.45) is 0 Å². The lowest BCUT2D eigenvalue weighted by Crippen LogP contribution is -2.14. The van der Waals surface area contributed by atoms with Crippen LogP contribution >= 0.6 is 0 Å². The van der Waals surface area contributed by atoms with Gasteiger partial charge in [0.15, 0.2) is 0 Å². The van der Waals surface area contributed by atoms with Crippen LogP contribution in [0, 0.1) is 0 Å². The molecule has 8 heteroatoms. The number of hydrogen-bond acceptors (Lipinski definition) is 3. The normalized spacial score (nSPS) is 11.5. The summed E-state index contributed by atoms with van der Waals surface area (Å²) in [5, 5.41) is 9.59. The van der Waals surface area contributed by atoms with Crippen LogP contribution in [0.2, 0.25) is 0 Å². The zero-order valence-corrected chi connectivity index (χ0v) is 12.5. The molecule has 0 radical (unpaired) electrons. The zero-order valence-electron chi connectivity index (χ0n) is 12.5. The summed E-state index contributed by atoms with van der Waals surface area (Å²) in [4.78, 5) is 11.7. The predicted octanol–water partition coefficient (Wildman–Crippen LogP) is 2.83. The van der Waals surface area contributed by atoms with Crippen molar-refractivity contribution in [3.05, 3.63) is 42.2 Å². The minimum atomic E-state index is -4.41. The third-order valence-electron chi connectivity index (χ3n) is 3.13. The molecule has 0 atom stereocenters. The van der Waals surface area contributed by atoms with Gasteiger partial charge < -0.3 is 10.6 Å². The van der Waals surface area contributed by atoms with E-state index in [0.717, 1.165) is 18.7 Å². The summed E-state index contributed by atoms with van der Waals surface area (Å²) in [6.07, 6.45) is -0.477. The lowest BCUT2D eigenvalue weighted by Gasteiger charge is -2.08. The third-order valence-corrected chi connectivity index (χ3v) is 3.13. The summed E-state index contributed by atoms with van der Waals surface area (Å²) in [6, 6.07) is 4.83. The van der Waals surface area contributed by atoms with Gasteiger partial charge in [-0.2, -0.15) is 18.3 Å². The van der Waals surface area contributed by atoms with E-state index in [-0.39, 0.29) is 11.6 Å². The van der Waals surface area contributed by atoms with E-state index in [1.54, 1.807) is 7.05 Å². The maximum absolute atomic E-state index is 12.7. The van der Waals surface area contributed by atoms with Gasteiger partial charge in [-0.3, -0.25) is 4.79 Å². The van der Waals surface area contributed by atoms with Gasteiger partial charge in [0.1, 0.15) is 0 Å². The molecular formula is C15H17F3N4O. The van der Waals surface area contributed by atoms with E-state index in [9.17, 15) is 18.0 Å². The second-order valence-electron chi connectivity index (χ2n) is 4.98. The van der Waals surface area contributed by atoms with Crippen LogP contribution in [0.4, 0.5) is 18.9 Å². The highest BCUT2D eigenvalue weighted by atomic mass is 19.4. The number of alkyl halides is 3. The molecule has 0 saturated heterocycles. The average molecular weight is 326 g/mol. The third kappa shape index (κ3) is 4.82. The number of carbonyl (C=O) groups is 1. The van der Waals surface area contributed by atoms with Crippen molar-refractivity contribution >= 4 is 11.6 Å². The molecular weight excluding hydrogens is 309 g/mol. The van der Waals surface area contributed by atoms with Crippen molar-refractivity contribution in [3.63, 3.8) is 0 Å². The molecule has 23 heavy (non-hydrogen) atoms. The first kappa shape index (κ1) is 17.0. The van der Waals surface area contributed by atoms with Crippen LogP contribution in [-0.4, -0.2) is 29.3 Å². The Kier molecular flexibility index (Phi) is 5.38. The quantitative estimate of drug-likeness (QED) is 0.803. The number of hydrogen-bond donors (Lipinski definition) is 2. The van der Waals surface area contributed by atoms with Gasteiger partial charge >= 0.3 is 6.18 Å². The standard InChI is InChI=1S/C15H17F3N4O/c1-19-7-3-6-14(23)21-12-9-20-22(10-12)13-5-2-4-11(8-13)15(16,17)18/h2,4-5,8-10,19H,3,6-7H2,1H3,(H,21,23). The Bertz CT molecular complexity index is 667. The Morgan fingerprint density at radius 3 is 2.83 bits per heavy atom. The van der Waals surface area contributed by atoms with Gasteiger partial charge in [0, 0.05) is 6.42 Å². The smallest absolute Gasteiger partial charge is 0.323 e. The van der Waals surface area contributed by atoms with Crippen molar-refractivity contribution in [3.8, 4) is 5.69 Å². The Balaban J connectivity index is 2.06. The summed E-state index contributed by atoms with van der Waals surface area (Å²) >= 11 is 0. The van der Waals surface area contributed by atoms with Crippen LogP contribution in [-0.2, 0) is 11.0 Å². The summed E-state index contributed by atoms with van der Waals surface area (Å²) in [5.41, 5.74) is -0.0319. The number of carbonyl (C=O) groups excluding carboxylic acids is 1. The number of nitrogens with one attached hydrogen (secondary N) is 2. The molecule has 0 saturated carbocycles. The fourth-order valence-electron chi connectivity index (χ4n) is 2.00. The molecule has 0 aliphatic carbocycles. The highest BCUT2D eigenvalue weighted by Crippen LogP contribution is 2.30. The van der Waals surface area contributed by atoms with Crippen LogP contribution in [0.1, 0.15) is 18.4 Å². The van der Waals surface area contributed by atoms with Gasteiger partial charge in [-0.1, -0.05) is 6.07 Å². The van der Waals surface area contributed by atoms with Gasteiger partial charge in [0.05, 0.1) is 29.3 Å². The highest BCUT2D eigenvalue weighted by Gasteiger charge is 2.30. The largest absolute Gasteiger partial charge is 0.416 e. The molecule has 2 rings (SSSR count). The van der Waals surface area contributed by atoms with Crippen LogP contribution in [0.15, 0.2) is 36.7 Å². The molecule has 0 unspecified atom stereocenters.